The third kappa shape index (κ3) is 5.08. The summed E-state index contributed by atoms with van der Waals surface area (Å²) in [4.78, 5) is 4.05. The highest BCUT2D eigenvalue weighted by molar-refractivity contribution is 7.92. The Balaban J connectivity index is 1.77. The fourth-order valence-electron chi connectivity index (χ4n) is 1.66. The largest absolute Gasteiger partial charge is 0.355 e. The Kier molecular flexibility index (Phi) is 4.84. The highest BCUT2D eigenvalue weighted by Gasteiger charge is 2.22. The van der Waals surface area contributed by atoms with Gasteiger partial charge in [0.15, 0.2) is 5.96 Å². The minimum atomic E-state index is -3.35. The first-order valence-electron chi connectivity index (χ1n) is 6.62. The molecule has 1 aromatic rings. The van der Waals surface area contributed by atoms with Crippen LogP contribution in [0, 0.1) is 0 Å². The number of hydrogen-bond donors (Lipinski definition) is 3. The number of aliphatic imine (C=N–C) groups is 1. The molecule has 0 saturated heterocycles. The number of hydrogen-bond acceptors (Lipinski definition) is 3. The molecule has 0 atom stereocenters. The minimum Gasteiger partial charge on any atom is -0.355 e. The smallest absolute Gasteiger partial charge is 0.234 e. The summed E-state index contributed by atoms with van der Waals surface area (Å²) in [5.74, 6) is 0.648. The predicted octanol–water partition coefficient (Wildman–Crippen LogP) is 0.756. The van der Waals surface area contributed by atoms with Gasteiger partial charge in [-0.15, -0.1) is 0 Å². The van der Waals surface area contributed by atoms with Gasteiger partial charge < -0.3 is 10.6 Å². The van der Waals surface area contributed by atoms with Gasteiger partial charge in [0.2, 0.25) is 10.0 Å². The molecule has 0 unspecified atom stereocenters. The molecule has 0 heterocycles. The Labute approximate surface area is 119 Å². The zero-order valence-electron chi connectivity index (χ0n) is 11.5. The van der Waals surface area contributed by atoms with E-state index in [1.54, 1.807) is 31.3 Å². The average Bonchev–Trinajstić information content (AvgIpc) is 3.22. The molecule has 110 valence electrons. The van der Waals surface area contributed by atoms with Crippen LogP contribution in [0.3, 0.4) is 0 Å². The van der Waals surface area contributed by atoms with Crippen LogP contribution in [-0.4, -0.2) is 39.8 Å². The third-order valence-electron chi connectivity index (χ3n) is 2.85. The van der Waals surface area contributed by atoms with Crippen molar-refractivity contribution in [2.75, 3.05) is 24.1 Å². The van der Waals surface area contributed by atoms with Gasteiger partial charge in [-0.1, -0.05) is 18.2 Å². The molecule has 1 aliphatic carbocycles. The van der Waals surface area contributed by atoms with Gasteiger partial charge in [0.25, 0.3) is 0 Å². The van der Waals surface area contributed by atoms with Gasteiger partial charge >= 0.3 is 0 Å². The number of sulfonamides is 1. The Morgan fingerprint density at radius 2 is 2.00 bits per heavy atom. The molecule has 6 nitrogen and oxygen atoms in total. The van der Waals surface area contributed by atoms with Crippen LogP contribution in [0.15, 0.2) is 35.3 Å². The summed E-state index contributed by atoms with van der Waals surface area (Å²) in [5.41, 5.74) is 0.577. The van der Waals surface area contributed by atoms with E-state index in [4.69, 9.17) is 0 Å². The molecule has 0 aliphatic heterocycles. The van der Waals surface area contributed by atoms with Crippen molar-refractivity contribution in [2.45, 2.75) is 18.9 Å². The Hall–Kier alpha value is -1.76. The van der Waals surface area contributed by atoms with E-state index in [2.05, 4.69) is 20.3 Å². The Morgan fingerprint density at radius 1 is 1.30 bits per heavy atom. The highest BCUT2D eigenvalue weighted by atomic mass is 32.2. The molecule has 1 aromatic carbocycles. The average molecular weight is 296 g/mol. The van der Waals surface area contributed by atoms with Gasteiger partial charge in [-0.2, -0.15) is 0 Å². The van der Waals surface area contributed by atoms with E-state index < -0.39 is 10.0 Å². The second-order valence-electron chi connectivity index (χ2n) is 4.70. The fourth-order valence-corrected chi connectivity index (χ4v) is 2.62. The molecular formula is C13H20N4O2S. The Bertz CT molecular complexity index is 553. The van der Waals surface area contributed by atoms with Crippen LogP contribution in [0.2, 0.25) is 0 Å². The molecule has 2 rings (SSSR count). The normalized spacial score (nSPS) is 15.8. The van der Waals surface area contributed by atoms with Gasteiger partial charge in [0.1, 0.15) is 0 Å². The Morgan fingerprint density at radius 3 is 2.60 bits per heavy atom. The first-order valence-corrected chi connectivity index (χ1v) is 8.27. The lowest BCUT2D eigenvalue weighted by Gasteiger charge is -2.12. The van der Waals surface area contributed by atoms with E-state index in [1.807, 2.05) is 6.07 Å². The highest BCUT2D eigenvalue weighted by Crippen LogP contribution is 2.18. The summed E-state index contributed by atoms with van der Waals surface area (Å²) in [5, 5.41) is 6.20. The second-order valence-corrected chi connectivity index (χ2v) is 6.55. The monoisotopic (exact) mass is 296 g/mol. The molecule has 20 heavy (non-hydrogen) atoms. The molecule has 0 spiro atoms. The van der Waals surface area contributed by atoms with Crippen molar-refractivity contribution in [2.24, 2.45) is 4.99 Å². The van der Waals surface area contributed by atoms with Crippen LogP contribution in [0.4, 0.5) is 5.69 Å². The van der Waals surface area contributed by atoms with Crippen molar-refractivity contribution >= 4 is 21.7 Å². The lowest BCUT2D eigenvalue weighted by atomic mass is 10.3. The summed E-state index contributed by atoms with van der Waals surface area (Å²) in [7, 11) is -1.67. The molecule has 1 fully saturated rings. The quantitative estimate of drug-likeness (QED) is 0.534. The van der Waals surface area contributed by atoms with E-state index in [0.717, 1.165) is 12.8 Å². The third-order valence-corrected chi connectivity index (χ3v) is 4.14. The molecule has 1 aliphatic rings. The van der Waals surface area contributed by atoms with Crippen LogP contribution < -0.4 is 15.4 Å². The zero-order valence-corrected chi connectivity index (χ0v) is 12.3. The topological polar surface area (TPSA) is 82.6 Å². The summed E-state index contributed by atoms with van der Waals surface area (Å²) >= 11 is 0. The number of nitrogens with zero attached hydrogens (tertiary/aromatic N) is 1. The van der Waals surface area contributed by atoms with Crippen LogP contribution in [0.1, 0.15) is 12.8 Å². The maximum atomic E-state index is 11.9. The van der Waals surface area contributed by atoms with Gasteiger partial charge in [-0.25, -0.2) is 8.42 Å². The van der Waals surface area contributed by atoms with Crippen LogP contribution in [0.5, 0.6) is 0 Å². The summed E-state index contributed by atoms with van der Waals surface area (Å²) in [6.45, 7) is 0.314. The van der Waals surface area contributed by atoms with E-state index in [0.29, 0.717) is 24.2 Å². The van der Waals surface area contributed by atoms with E-state index >= 15 is 0 Å². The SMILES string of the molecule is CN=C(NCCS(=O)(=O)Nc1ccccc1)NC1CC1. The van der Waals surface area contributed by atoms with Crippen molar-refractivity contribution in [3.63, 3.8) is 0 Å². The molecule has 3 N–H and O–H groups in total. The van der Waals surface area contributed by atoms with Gasteiger partial charge in [0, 0.05) is 25.3 Å². The molecule has 7 heteroatoms. The van der Waals surface area contributed by atoms with E-state index in [-0.39, 0.29) is 5.75 Å². The van der Waals surface area contributed by atoms with Crippen molar-refractivity contribution < 1.29 is 8.42 Å². The number of guanidine groups is 1. The first-order chi connectivity index (χ1) is 9.59. The lowest BCUT2D eigenvalue weighted by molar-refractivity contribution is 0.599. The van der Waals surface area contributed by atoms with Crippen LogP contribution >= 0.6 is 0 Å². The van der Waals surface area contributed by atoms with E-state index in [9.17, 15) is 8.42 Å². The number of para-hydroxylation sites is 1. The standard InChI is InChI=1S/C13H20N4O2S/c1-14-13(16-11-7-8-11)15-9-10-20(18,19)17-12-5-3-2-4-6-12/h2-6,11,17H,7-10H2,1H3,(H2,14,15,16). The zero-order chi connectivity index (χ0) is 14.4. The maximum Gasteiger partial charge on any atom is 0.234 e. The summed E-state index contributed by atoms with van der Waals surface area (Å²) < 4.78 is 26.3. The van der Waals surface area contributed by atoms with Crippen LogP contribution in [0.25, 0.3) is 0 Å². The fraction of sp³-hybridized carbons (Fsp3) is 0.462. The van der Waals surface area contributed by atoms with Gasteiger partial charge in [-0.3, -0.25) is 9.71 Å². The molecular weight excluding hydrogens is 276 g/mol. The first kappa shape index (κ1) is 14.6. The van der Waals surface area contributed by atoms with Gasteiger partial charge in [-0.05, 0) is 25.0 Å². The number of rotatable bonds is 6. The second kappa shape index (κ2) is 6.60. The van der Waals surface area contributed by atoms with Gasteiger partial charge in [0.05, 0.1) is 5.75 Å². The molecule has 0 aromatic heterocycles. The molecule has 0 bridgehead atoms. The molecule has 0 radical (unpaired) electrons. The minimum absolute atomic E-state index is 0.00669. The van der Waals surface area contributed by atoms with Crippen molar-refractivity contribution in [3.05, 3.63) is 30.3 Å². The predicted molar refractivity (Wildman–Crippen MR) is 81.4 cm³/mol. The molecule has 0 amide bonds. The van der Waals surface area contributed by atoms with Crippen molar-refractivity contribution in [3.8, 4) is 0 Å². The maximum absolute atomic E-state index is 11.9. The lowest BCUT2D eigenvalue weighted by Crippen LogP contribution is -2.41. The van der Waals surface area contributed by atoms with Crippen molar-refractivity contribution in [1.29, 1.82) is 0 Å². The number of benzene rings is 1. The number of nitrogens with one attached hydrogen (secondary N) is 3. The van der Waals surface area contributed by atoms with Crippen LogP contribution in [-0.2, 0) is 10.0 Å². The summed E-state index contributed by atoms with van der Waals surface area (Å²) in [6.07, 6.45) is 2.29. The molecule has 1 saturated carbocycles. The summed E-state index contributed by atoms with van der Waals surface area (Å²) in [6, 6.07) is 9.35. The van der Waals surface area contributed by atoms with Crippen molar-refractivity contribution in [1.82, 2.24) is 10.6 Å². The number of anilines is 1. The van der Waals surface area contributed by atoms with E-state index in [1.165, 1.54) is 0 Å².